The molecule has 0 bridgehead atoms. The maximum atomic E-state index is 12.5. The summed E-state index contributed by atoms with van der Waals surface area (Å²) >= 11 is 0. The third-order valence-electron chi connectivity index (χ3n) is 4.32. The van der Waals surface area contributed by atoms with E-state index >= 15 is 0 Å². The second kappa shape index (κ2) is 5.64. The van der Waals surface area contributed by atoms with Gasteiger partial charge in [-0.3, -0.25) is 4.79 Å². The fraction of sp³-hybridized carbons (Fsp3) is 0.562. The summed E-state index contributed by atoms with van der Waals surface area (Å²) in [5.41, 5.74) is 1.16. The van der Waals surface area contributed by atoms with Crippen LogP contribution in [0.4, 0.5) is 0 Å². The summed E-state index contributed by atoms with van der Waals surface area (Å²) in [7, 11) is 1.85. The molecule has 19 heavy (non-hydrogen) atoms. The lowest BCUT2D eigenvalue weighted by atomic mass is 9.86. The molecule has 0 unspecified atom stereocenters. The predicted octanol–water partition coefficient (Wildman–Crippen LogP) is 3.35. The summed E-state index contributed by atoms with van der Waals surface area (Å²) in [5, 5.41) is 10.0. The van der Waals surface area contributed by atoms with E-state index in [1.807, 2.05) is 26.1 Å². The van der Waals surface area contributed by atoms with Crippen LogP contribution in [-0.2, 0) is 0 Å². The van der Waals surface area contributed by atoms with Gasteiger partial charge in [0.25, 0.3) is 5.91 Å². The molecule has 1 aromatic carbocycles. The Morgan fingerprint density at radius 1 is 1.26 bits per heavy atom. The third kappa shape index (κ3) is 2.91. The Balaban J connectivity index is 2.13. The van der Waals surface area contributed by atoms with Crippen molar-refractivity contribution in [3.8, 4) is 5.75 Å². The minimum absolute atomic E-state index is 0.0687. The van der Waals surface area contributed by atoms with Gasteiger partial charge >= 0.3 is 0 Å². The van der Waals surface area contributed by atoms with E-state index in [-0.39, 0.29) is 11.7 Å². The van der Waals surface area contributed by atoms with E-state index in [9.17, 15) is 9.90 Å². The monoisotopic (exact) mass is 261 g/mol. The Morgan fingerprint density at radius 3 is 2.53 bits per heavy atom. The van der Waals surface area contributed by atoms with Gasteiger partial charge in [-0.2, -0.15) is 0 Å². The molecule has 1 saturated carbocycles. The number of rotatable bonds is 2. The molecule has 3 heteroatoms. The lowest BCUT2D eigenvalue weighted by Gasteiger charge is -2.33. The van der Waals surface area contributed by atoms with E-state index in [1.54, 1.807) is 11.0 Å². The Kier molecular flexibility index (Phi) is 4.13. The summed E-state index contributed by atoms with van der Waals surface area (Å²) in [6.45, 7) is 4.08. The highest BCUT2D eigenvalue weighted by atomic mass is 16.3. The molecule has 0 heterocycles. The lowest BCUT2D eigenvalue weighted by Crippen LogP contribution is -2.39. The summed E-state index contributed by atoms with van der Waals surface area (Å²) in [6, 6.07) is 5.64. The van der Waals surface area contributed by atoms with Gasteiger partial charge in [0, 0.05) is 13.1 Å². The fourth-order valence-corrected chi connectivity index (χ4v) is 2.82. The highest BCUT2D eigenvalue weighted by molar-refractivity contribution is 5.97. The van der Waals surface area contributed by atoms with Crippen molar-refractivity contribution in [2.24, 2.45) is 5.92 Å². The number of aryl methyl sites for hydroxylation is 1. The molecule has 104 valence electrons. The molecule has 3 nitrogen and oxygen atoms in total. The highest BCUT2D eigenvalue weighted by Crippen LogP contribution is 2.29. The van der Waals surface area contributed by atoms with Gasteiger partial charge in [-0.25, -0.2) is 0 Å². The van der Waals surface area contributed by atoms with Crippen molar-refractivity contribution in [1.82, 2.24) is 4.90 Å². The van der Waals surface area contributed by atoms with Gasteiger partial charge in [0.05, 0.1) is 5.56 Å². The Labute approximate surface area is 115 Å². The second-order valence-corrected chi connectivity index (χ2v) is 5.80. The number of aromatic hydroxyl groups is 1. The van der Waals surface area contributed by atoms with Gasteiger partial charge < -0.3 is 10.0 Å². The topological polar surface area (TPSA) is 40.5 Å². The smallest absolute Gasteiger partial charge is 0.257 e. The van der Waals surface area contributed by atoms with Crippen molar-refractivity contribution in [1.29, 1.82) is 0 Å². The molecule has 1 aliphatic carbocycles. The van der Waals surface area contributed by atoms with Crippen LogP contribution in [0.1, 0.15) is 48.5 Å². The number of carbonyl (C=O) groups excluding carboxylic acids is 1. The van der Waals surface area contributed by atoms with Crippen molar-refractivity contribution in [2.75, 3.05) is 7.05 Å². The van der Waals surface area contributed by atoms with Crippen LogP contribution in [0, 0.1) is 12.8 Å². The summed E-state index contributed by atoms with van der Waals surface area (Å²) in [5.74, 6) is 0.816. The number of phenols is 1. The van der Waals surface area contributed by atoms with Crippen molar-refractivity contribution < 1.29 is 9.90 Å². The van der Waals surface area contributed by atoms with Gasteiger partial charge in [-0.15, -0.1) is 0 Å². The molecular formula is C16H23NO2. The van der Waals surface area contributed by atoms with Crippen LogP contribution in [0.3, 0.4) is 0 Å². The van der Waals surface area contributed by atoms with Crippen molar-refractivity contribution in [3.63, 3.8) is 0 Å². The maximum absolute atomic E-state index is 12.5. The Bertz CT molecular complexity index is 462. The molecule has 1 amide bonds. The second-order valence-electron chi connectivity index (χ2n) is 5.80. The van der Waals surface area contributed by atoms with Crippen LogP contribution >= 0.6 is 0 Å². The first kappa shape index (κ1) is 13.9. The van der Waals surface area contributed by atoms with Crippen molar-refractivity contribution in [3.05, 3.63) is 29.3 Å². The molecule has 1 aliphatic rings. The van der Waals surface area contributed by atoms with Crippen LogP contribution in [0.25, 0.3) is 0 Å². The highest BCUT2D eigenvalue weighted by Gasteiger charge is 2.26. The predicted molar refractivity (Wildman–Crippen MR) is 76.4 cm³/mol. The van der Waals surface area contributed by atoms with E-state index in [1.165, 1.54) is 12.8 Å². The van der Waals surface area contributed by atoms with Crippen molar-refractivity contribution >= 4 is 5.91 Å². The van der Waals surface area contributed by atoms with Gasteiger partial charge in [0.2, 0.25) is 0 Å². The van der Waals surface area contributed by atoms with E-state index < -0.39 is 0 Å². The zero-order valence-electron chi connectivity index (χ0n) is 12.0. The SMILES string of the molecule is Cc1cccc(C(=O)N(C)C2CCC(C)CC2)c1O. The number of benzene rings is 1. The summed E-state index contributed by atoms with van der Waals surface area (Å²) in [4.78, 5) is 14.3. The van der Waals surface area contributed by atoms with E-state index in [4.69, 9.17) is 0 Å². The van der Waals surface area contributed by atoms with E-state index in [2.05, 4.69) is 6.92 Å². The average Bonchev–Trinajstić information content (AvgIpc) is 2.41. The number of hydrogen-bond acceptors (Lipinski definition) is 2. The standard InChI is InChI=1S/C16H23NO2/c1-11-7-9-13(10-8-11)17(3)16(19)14-6-4-5-12(2)15(14)18/h4-6,11,13,18H,7-10H2,1-3H3. The van der Waals surface area contributed by atoms with Gasteiger partial charge in [-0.05, 0) is 50.2 Å². The first-order chi connectivity index (χ1) is 9.00. The minimum Gasteiger partial charge on any atom is -0.507 e. The van der Waals surface area contributed by atoms with E-state index in [0.29, 0.717) is 11.6 Å². The molecule has 0 radical (unpaired) electrons. The van der Waals surface area contributed by atoms with Gasteiger partial charge in [0.1, 0.15) is 5.75 Å². The lowest BCUT2D eigenvalue weighted by molar-refractivity contribution is 0.0676. The maximum Gasteiger partial charge on any atom is 0.257 e. The molecule has 0 aliphatic heterocycles. The van der Waals surface area contributed by atoms with Crippen LogP contribution in [0.2, 0.25) is 0 Å². The molecule has 2 rings (SSSR count). The van der Waals surface area contributed by atoms with Gasteiger partial charge in [0.15, 0.2) is 0 Å². The normalized spacial score (nSPS) is 23.1. The van der Waals surface area contributed by atoms with Crippen molar-refractivity contribution in [2.45, 2.75) is 45.6 Å². The van der Waals surface area contributed by atoms with Crippen LogP contribution in [-0.4, -0.2) is 29.0 Å². The Hall–Kier alpha value is -1.51. The molecule has 1 fully saturated rings. The zero-order chi connectivity index (χ0) is 14.0. The van der Waals surface area contributed by atoms with Gasteiger partial charge in [-0.1, -0.05) is 19.1 Å². The number of phenolic OH excluding ortho intramolecular Hbond substituents is 1. The van der Waals surface area contributed by atoms with Crippen LogP contribution in [0.5, 0.6) is 5.75 Å². The fourth-order valence-electron chi connectivity index (χ4n) is 2.82. The molecule has 0 spiro atoms. The number of amides is 1. The molecule has 1 N–H and O–H groups in total. The number of para-hydroxylation sites is 1. The first-order valence-corrected chi connectivity index (χ1v) is 7.06. The quantitative estimate of drug-likeness (QED) is 0.887. The Morgan fingerprint density at radius 2 is 1.89 bits per heavy atom. The van der Waals surface area contributed by atoms with E-state index in [0.717, 1.165) is 24.3 Å². The molecule has 0 saturated heterocycles. The molecule has 0 atom stereocenters. The third-order valence-corrected chi connectivity index (χ3v) is 4.32. The van der Waals surface area contributed by atoms with Crippen LogP contribution < -0.4 is 0 Å². The number of nitrogens with zero attached hydrogens (tertiary/aromatic N) is 1. The average molecular weight is 261 g/mol. The molecular weight excluding hydrogens is 238 g/mol. The summed E-state index contributed by atoms with van der Waals surface area (Å²) in [6.07, 6.45) is 4.50. The zero-order valence-corrected chi connectivity index (χ0v) is 12.0. The molecule has 0 aromatic heterocycles. The number of carbonyl (C=O) groups is 1. The van der Waals surface area contributed by atoms with Crippen LogP contribution in [0.15, 0.2) is 18.2 Å². The minimum atomic E-state index is -0.0687. The largest absolute Gasteiger partial charge is 0.507 e. The molecule has 1 aromatic rings. The first-order valence-electron chi connectivity index (χ1n) is 7.06. The summed E-state index contributed by atoms with van der Waals surface area (Å²) < 4.78 is 0. The number of hydrogen-bond donors (Lipinski definition) is 1.